The Morgan fingerprint density at radius 1 is 0.905 bits per heavy atom. The largest absolute Gasteiger partial charge is 0.463 e. The molecular formula is C27H31N3O12. The third-order valence-electron chi connectivity index (χ3n) is 6.60. The van der Waals surface area contributed by atoms with Gasteiger partial charge in [-0.2, -0.15) is 0 Å². The summed E-state index contributed by atoms with van der Waals surface area (Å²) in [4.78, 5) is 75.8. The van der Waals surface area contributed by atoms with Gasteiger partial charge in [0.05, 0.1) is 0 Å². The molecule has 226 valence electrons. The number of aryl methyl sites for hydroxylation is 1. The number of hydrogen-bond acceptors (Lipinski definition) is 12. The van der Waals surface area contributed by atoms with Crippen LogP contribution in [0.15, 0.2) is 46.1 Å². The number of alkyl carbamates (subject to hydrolysis) is 1. The van der Waals surface area contributed by atoms with Crippen LogP contribution in [0.4, 0.5) is 4.79 Å². The number of nitrogens with zero attached hydrogens (tertiary/aromatic N) is 1. The van der Waals surface area contributed by atoms with Crippen LogP contribution in [0.1, 0.15) is 38.1 Å². The van der Waals surface area contributed by atoms with Gasteiger partial charge in [-0.15, -0.1) is 0 Å². The molecule has 7 atom stereocenters. The molecule has 0 saturated carbocycles. The van der Waals surface area contributed by atoms with Gasteiger partial charge in [0, 0.05) is 32.5 Å². The predicted molar refractivity (Wildman–Crippen MR) is 140 cm³/mol. The second-order valence-corrected chi connectivity index (χ2v) is 9.79. The number of carbonyl (C=O) groups excluding carboxylic acids is 4. The monoisotopic (exact) mass is 589 g/mol. The zero-order valence-electron chi connectivity index (χ0n) is 23.3. The maximum Gasteiger partial charge on any atom is 0.407 e. The van der Waals surface area contributed by atoms with Crippen LogP contribution in [0.3, 0.4) is 0 Å². The van der Waals surface area contributed by atoms with E-state index in [1.807, 2.05) is 0 Å². The maximum absolute atomic E-state index is 13.0. The van der Waals surface area contributed by atoms with E-state index < -0.39 is 84.6 Å². The lowest BCUT2D eigenvalue weighted by atomic mass is 9.91. The summed E-state index contributed by atoms with van der Waals surface area (Å²) < 4.78 is 34.9. The minimum atomic E-state index is -1.33. The lowest BCUT2D eigenvalue weighted by Crippen LogP contribution is -2.66. The van der Waals surface area contributed by atoms with E-state index in [-0.39, 0.29) is 12.2 Å². The second kappa shape index (κ2) is 13.0. The zero-order chi connectivity index (χ0) is 30.6. The summed E-state index contributed by atoms with van der Waals surface area (Å²) in [5, 5.41) is 2.65. The first-order valence-corrected chi connectivity index (χ1v) is 13.0. The van der Waals surface area contributed by atoms with Crippen molar-refractivity contribution >= 4 is 24.0 Å². The van der Waals surface area contributed by atoms with Gasteiger partial charge in [-0.25, -0.2) is 9.59 Å². The smallest absolute Gasteiger partial charge is 0.407 e. The molecular weight excluding hydrogens is 558 g/mol. The molecule has 0 unspecified atom stereocenters. The minimum Gasteiger partial charge on any atom is -0.463 e. The van der Waals surface area contributed by atoms with Crippen molar-refractivity contribution in [1.82, 2.24) is 14.9 Å². The highest BCUT2D eigenvalue weighted by atomic mass is 16.7. The highest BCUT2D eigenvalue weighted by molar-refractivity contribution is 5.69. The van der Waals surface area contributed by atoms with Crippen LogP contribution in [0.2, 0.25) is 0 Å². The van der Waals surface area contributed by atoms with E-state index in [4.69, 9.17) is 28.4 Å². The highest BCUT2D eigenvalue weighted by Crippen LogP contribution is 2.40. The first-order valence-electron chi connectivity index (χ1n) is 13.0. The van der Waals surface area contributed by atoms with Crippen molar-refractivity contribution in [3.8, 4) is 0 Å². The average Bonchev–Trinajstić information content (AvgIpc) is 3.27. The molecule has 1 aromatic carbocycles. The molecule has 2 aromatic rings. The van der Waals surface area contributed by atoms with Gasteiger partial charge >= 0.3 is 29.7 Å². The lowest BCUT2D eigenvalue weighted by Gasteiger charge is -2.43. The van der Waals surface area contributed by atoms with Gasteiger partial charge in [0.25, 0.3) is 5.56 Å². The van der Waals surface area contributed by atoms with Crippen molar-refractivity contribution < 1.29 is 47.6 Å². The number of benzene rings is 1. The summed E-state index contributed by atoms with van der Waals surface area (Å²) >= 11 is 0. The lowest BCUT2D eigenvalue weighted by molar-refractivity contribution is -0.211. The normalized spacial score (nSPS) is 26.4. The standard InChI is InChI=1S/C27H31N3O12/c1-13-10-30(26(35)29-24(13)34)25-23(40-16(4)33)22-21(42-25)19(28-27(36)38-11-17-8-6-5-7-9-17)20(39-15(3)32)18(41-22)12-37-14(2)31/h5-10,18-23,25H,11-12H2,1-4H3,(H,28,36)(H,29,34,35)/t18-,19-,20+,21-,22-,23-,25-/m1/s1. The van der Waals surface area contributed by atoms with E-state index in [0.717, 1.165) is 18.4 Å². The van der Waals surface area contributed by atoms with Crippen LogP contribution in [0.5, 0.6) is 0 Å². The van der Waals surface area contributed by atoms with Crippen LogP contribution in [0, 0.1) is 6.92 Å². The van der Waals surface area contributed by atoms with Crippen molar-refractivity contribution in [3.05, 3.63) is 68.5 Å². The number of esters is 3. The molecule has 15 nitrogen and oxygen atoms in total. The van der Waals surface area contributed by atoms with Crippen molar-refractivity contribution in [2.45, 2.75) is 77.1 Å². The number of aromatic nitrogens is 2. The molecule has 0 radical (unpaired) electrons. The predicted octanol–water partition coefficient (Wildman–Crippen LogP) is 0.231. The second-order valence-electron chi connectivity index (χ2n) is 9.79. The van der Waals surface area contributed by atoms with Gasteiger partial charge in [0.2, 0.25) is 0 Å². The van der Waals surface area contributed by atoms with Crippen LogP contribution < -0.4 is 16.6 Å². The van der Waals surface area contributed by atoms with Crippen molar-refractivity contribution in [3.63, 3.8) is 0 Å². The molecule has 2 saturated heterocycles. The number of aromatic amines is 1. The highest BCUT2D eigenvalue weighted by Gasteiger charge is 2.60. The van der Waals surface area contributed by atoms with Crippen LogP contribution in [0.25, 0.3) is 0 Å². The summed E-state index contributed by atoms with van der Waals surface area (Å²) in [5.41, 5.74) is -0.600. The summed E-state index contributed by atoms with van der Waals surface area (Å²) in [6, 6.07) is 7.68. The molecule has 3 heterocycles. The summed E-state index contributed by atoms with van der Waals surface area (Å²) in [7, 11) is 0. The van der Waals surface area contributed by atoms with Crippen LogP contribution in [-0.2, 0) is 49.4 Å². The van der Waals surface area contributed by atoms with E-state index in [0.29, 0.717) is 5.56 Å². The third-order valence-corrected chi connectivity index (χ3v) is 6.60. The Morgan fingerprint density at radius 2 is 1.57 bits per heavy atom. The molecule has 1 amide bonds. The number of H-pyrrole nitrogens is 1. The first kappa shape index (κ1) is 30.5. The molecule has 2 fully saturated rings. The Hall–Kier alpha value is -4.50. The Morgan fingerprint density at radius 3 is 2.21 bits per heavy atom. The topological polar surface area (TPSA) is 191 Å². The SMILES string of the molecule is CC(=O)OC[C@H]1O[C@@H]2[C@H](O[C@@H](n3cc(C)c(=O)[nH]c3=O)[C@@H]2OC(C)=O)[C@H](NC(=O)OCc2ccccc2)[C@H]1OC(C)=O. The summed E-state index contributed by atoms with van der Waals surface area (Å²) in [6.07, 6.45) is -7.05. The van der Waals surface area contributed by atoms with Gasteiger partial charge in [0.15, 0.2) is 18.4 Å². The first-order chi connectivity index (χ1) is 19.9. The van der Waals surface area contributed by atoms with Gasteiger partial charge in [-0.05, 0) is 12.5 Å². The van der Waals surface area contributed by atoms with Crippen molar-refractivity contribution in [2.75, 3.05) is 6.61 Å². The van der Waals surface area contributed by atoms with Crippen LogP contribution >= 0.6 is 0 Å². The van der Waals surface area contributed by atoms with Crippen LogP contribution in [-0.4, -0.2) is 76.7 Å². The molecule has 4 rings (SSSR count). The number of fused-ring (bicyclic) bond motifs is 1. The number of nitrogens with one attached hydrogen (secondary N) is 2. The number of rotatable bonds is 8. The van der Waals surface area contributed by atoms with E-state index in [1.165, 1.54) is 20.0 Å². The van der Waals surface area contributed by atoms with Crippen molar-refractivity contribution in [2.24, 2.45) is 0 Å². The Labute approximate surface area is 239 Å². The van der Waals surface area contributed by atoms with E-state index >= 15 is 0 Å². The fourth-order valence-electron chi connectivity index (χ4n) is 4.86. The summed E-state index contributed by atoms with van der Waals surface area (Å²) in [6.45, 7) is 4.44. The fraction of sp³-hybridized carbons (Fsp3) is 0.481. The molecule has 1 aromatic heterocycles. The molecule has 0 aliphatic carbocycles. The van der Waals surface area contributed by atoms with Gasteiger partial charge in [-0.1, -0.05) is 30.3 Å². The summed E-state index contributed by atoms with van der Waals surface area (Å²) in [5.74, 6) is -2.13. The van der Waals surface area contributed by atoms with E-state index in [1.54, 1.807) is 30.3 Å². The van der Waals surface area contributed by atoms with E-state index in [2.05, 4.69) is 10.3 Å². The van der Waals surface area contributed by atoms with E-state index in [9.17, 15) is 28.8 Å². The van der Waals surface area contributed by atoms with Crippen molar-refractivity contribution in [1.29, 1.82) is 0 Å². The number of hydrogen-bond donors (Lipinski definition) is 2. The number of amides is 1. The Balaban J connectivity index is 1.72. The van der Waals surface area contributed by atoms with Gasteiger partial charge in [0.1, 0.15) is 37.6 Å². The molecule has 0 spiro atoms. The molecule has 0 bridgehead atoms. The van der Waals surface area contributed by atoms with Gasteiger partial charge < -0.3 is 33.7 Å². The molecule has 42 heavy (non-hydrogen) atoms. The molecule has 2 aliphatic rings. The molecule has 15 heteroatoms. The number of carbonyl (C=O) groups is 4. The zero-order valence-corrected chi connectivity index (χ0v) is 23.3. The molecule has 2 N–H and O–H groups in total. The number of ether oxygens (including phenoxy) is 6. The average molecular weight is 590 g/mol. The van der Waals surface area contributed by atoms with Gasteiger partial charge in [-0.3, -0.25) is 28.7 Å². The third kappa shape index (κ3) is 7.03. The fourth-order valence-corrected chi connectivity index (χ4v) is 4.86. The quantitative estimate of drug-likeness (QED) is 0.315. The maximum atomic E-state index is 13.0. The molecule has 2 aliphatic heterocycles. The minimum absolute atomic E-state index is 0.0787. The Kier molecular flexibility index (Phi) is 9.42. The Bertz CT molecular complexity index is 1440.